The van der Waals surface area contributed by atoms with Gasteiger partial charge in [0.25, 0.3) is 0 Å². The van der Waals surface area contributed by atoms with Crippen molar-refractivity contribution in [1.29, 1.82) is 0 Å². The average molecular weight is 247 g/mol. The van der Waals surface area contributed by atoms with Gasteiger partial charge in [-0.1, -0.05) is 26.8 Å². The first-order valence-corrected chi connectivity index (χ1v) is 7.10. The summed E-state index contributed by atoms with van der Waals surface area (Å²) in [6.07, 6.45) is 3.25. The van der Waals surface area contributed by atoms with Gasteiger partial charge >= 0.3 is 0 Å². The maximum Gasteiger partial charge on any atom is 0.133 e. The molecule has 3 nitrogen and oxygen atoms in total. The van der Waals surface area contributed by atoms with E-state index in [1.165, 1.54) is 17.8 Å². The molecular formula is C15H25N3. The average Bonchev–Trinajstić information content (AvgIpc) is 2.35. The van der Waals surface area contributed by atoms with Crippen molar-refractivity contribution in [2.75, 3.05) is 24.5 Å². The third-order valence-electron chi connectivity index (χ3n) is 3.60. The van der Waals surface area contributed by atoms with E-state index in [1.807, 2.05) is 12.3 Å². The minimum absolute atomic E-state index is 0.766. The molecule has 0 radical (unpaired) electrons. The van der Waals surface area contributed by atoms with E-state index >= 15 is 0 Å². The number of hydrogen-bond acceptors (Lipinski definition) is 3. The van der Waals surface area contributed by atoms with Gasteiger partial charge in [0.1, 0.15) is 5.82 Å². The summed E-state index contributed by atoms with van der Waals surface area (Å²) in [5.74, 6) is 2.71. The van der Waals surface area contributed by atoms with Crippen molar-refractivity contribution in [1.82, 2.24) is 10.3 Å². The highest BCUT2D eigenvalue weighted by molar-refractivity contribution is 5.47. The van der Waals surface area contributed by atoms with Gasteiger partial charge in [-0.3, -0.25) is 0 Å². The third kappa shape index (κ3) is 3.22. The van der Waals surface area contributed by atoms with Gasteiger partial charge in [-0.25, -0.2) is 4.98 Å². The van der Waals surface area contributed by atoms with Crippen LogP contribution in [0.3, 0.4) is 0 Å². The molecule has 2 heterocycles. The lowest BCUT2D eigenvalue weighted by Crippen LogP contribution is -2.40. The van der Waals surface area contributed by atoms with Crippen molar-refractivity contribution in [3.63, 3.8) is 0 Å². The van der Waals surface area contributed by atoms with Crippen LogP contribution >= 0.6 is 0 Å². The number of hydrogen-bond donors (Lipinski definition) is 1. The first-order chi connectivity index (χ1) is 8.70. The number of anilines is 1. The molecule has 1 saturated heterocycles. The zero-order valence-electron chi connectivity index (χ0n) is 11.8. The van der Waals surface area contributed by atoms with Crippen LogP contribution in [0.25, 0.3) is 0 Å². The van der Waals surface area contributed by atoms with Gasteiger partial charge < -0.3 is 10.2 Å². The molecule has 18 heavy (non-hydrogen) atoms. The van der Waals surface area contributed by atoms with E-state index in [0.29, 0.717) is 0 Å². The molecule has 2 atom stereocenters. The summed E-state index contributed by atoms with van der Waals surface area (Å²) in [5, 5.41) is 3.40. The lowest BCUT2D eigenvalue weighted by atomic mass is 9.91. The molecular weight excluding hydrogens is 222 g/mol. The molecule has 1 aromatic rings. The van der Waals surface area contributed by atoms with Crippen molar-refractivity contribution >= 4 is 5.82 Å². The molecule has 100 valence electrons. The quantitative estimate of drug-likeness (QED) is 0.886. The minimum Gasteiger partial charge on any atom is -0.356 e. The van der Waals surface area contributed by atoms with E-state index in [0.717, 1.165) is 38.0 Å². The highest BCUT2D eigenvalue weighted by Crippen LogP contribution is 2.27. The van der Waals surface area contributed by atoms with Gasteiger partial charge in [0, 0.05) is 31.4 Å². The highest BCUT2D eigenvalue weighted by atomic mass is 15.2. The van der Waals surface area contributed by atoms with Gasteiger partial charge in [0.05, 0.1) is 0 Å². The largest absolute Gasteiger partial charge is 0.356 e. The zero-order chi connectivity index (χ0) is 13.0. The summed E-state index contributed by atoms with van der Waals surface area (Å²) in [6.45, 7) is 11.0. The van der Waals surface area contributed by atoms with Crippen LogP contribution in [0.15, 0.2) is 18.3 Å². The minimum atomic E-state index is 0.766. The van der Waals surface area contributed by atoms with E-state index < -0.39 is 0 Å². The van der Waals surface area contributed by atoms with E-state index in [1.54, 1.807) is 0 Å². The van der Waals surface area contributed by atoms with E-state index in [9.17, 15) is 0 Å². The molecule has 2 unspecified atom stereocenters. The zero-order valence-corrected chi connectivity index (χ0v) is 11.8. The summed E-state index contributed by atoms with van der Waals surface area (Å²) in [5.41, 5.74) is 1.32. The Morgan fingerprint density at radius 1 is 1.33 bits per heavy atom. The van der Waals surface area contributed by atoms with Crippen molar-refractivity contribution < 1.29 is 0 Å². The standard InChI is InChI=1S/C15H25N3/c1-4-16-9-14-6-5-7-17-15(14)18-10-12(2)8-13(3)11-18/h5-7,12-13,16H,4,8-11H2,1-3H3. The van der Waals surface area contributed by atoms with Crippen molar-refractivity contribution in [2.24, 2.45) is 11.8 Å². The Labute approximate surface area is 111 Å². The molecule has 0 aromatic carbocycles. The van der Waals surface area contributed by atoms with Crippen LogP contribution in [-0.4, -0.2) is 24.6 Å². The smallest absolute Gasteiger partial charge is 0.133 e. The van der Waals surface area contributed by atoms with Gasteiger partial charge in [0.2, 0.25) is 0 Å². The van der Waals surface area contributed by atoms with Crippen LogP contribution in [-0.2, 0) is 6.54 Å². The Kier molecular flexibility index (Phi) is 4.59. The molecule has 0 aliphatic carbocycles. The van der Waals surface area contributed by atoms with Crippen LogP contribution in [0.4, 0.5) is 5.82 Å². The summed E-state index contributed by atoms with van der Waals surface area (Å²) in [4.78, 5) is 7.07. The molecule has 0 saturated carbocycles. The SMILES string of the molecule is CCNCc1cccnc1N1CC(C)CC(C)C1. The second-order valence-corrected chi connectivity index (χ2v) is 5.62. The number of piperidine rings is 1. The first-order valence-electron chi connectivity index (χ1n) is 7.10. The molecule has 0 amide bonds. The lowest BCUT2D eigenvalue weighted by molar-refractivity contribution is 0.355. The Morgan fingerprint density at radius 3 is 2.72 bits per heavy atom. The van der Waals surface area contributed by atoms with Crippen molar-refractivity contribution in [3.8, 4) is 0 Å². The molecule has 1 aliphatic rings. The number of rotatable bonds is 4. The monoisotopic (exact) mass is 247 g/mol. The van der Waals surface area contributed by atoms with Crippen molar-refractivity contribution in [2.45, 2.75) is 33.7 Å². The van der Waals surface area contributed by atoms with Crippen LogP contribution < -0.4 is 10.2 Å². The Hall–Kier alpha value is -1.09. The molecule has 2 rings (SSSR count). The number of nitrogens with zero attached hydrogens (tertiary/aromatic N) is 2. The highest BCUT2D eigenvalue weighted by Gasteiger charge is 2.23. The molecule has 3 heteroatoms. The van der Waals surface area contributed by atoms with Crippen LogP contribution in [0.1, 0.15) is 32.8 Å². The molecule has 1 aliphatic heterocycles. The Bertz CT molecular complexity index is 368. The van der Waals surface area contributed by atoms with Gasteiger partial charge in [-0.05, 0) is 30.9 Å². The molecule has 1 fully saturated rings. The summed E-state index contributed by atoms with van der Waals surface area (Å²) in [7, 11) is 0. The van der Waals surface area contributed by atoms with Gasteiger partial charge in [-0.2, -0.15) is 0 Å². The Morgan fingerprint density at radius 2 is 2.06 bits per heavy atom. The summed E-state index contributed by atoms with van der Waals surface area (Å²) in [6, 6.07) is 4.22. The number of nitrogens with one attached hydrogen (secondary N) is 1. The number of pyridine rings is 1. The van der Waals surface area contributed by atoms with E-state index in [4.69, 9.17) is 0 Å². The van der Waals surface area contributed by atoms with Crippen LogP contribution in [0.5, 0.6) is 0 Å². The molecule has 1 N–H and O–H groups in total. The summed E-state index contributed by atoms with van der Waals surface area (Å²) < 4.78 is 0. The lowest BCUT2D eigenvalue weighted by Gasteiger charge is -2.36. The third-order valence-corrected chi connectivity index (χ3v) is 3.60. The molecule has 1 aromatic heterocycles. The fraction of sp³-hybridized carbons (Fsp3) is 0.667. The van der Waals surface area contributed by atoms with Gasteiger partial charge in [-0.15, -0.1) is 0 Å². The topological polar surface area (TPSA) is 28.2 Å². The Balaban J connectivity index is 2.15. The molecule has 0 bridgehead atoms. The second kappa shape index (κ2) is 6.19. The van der Waals surface area contributed by atoms with Crippen molar-refractivity contribution in [3.05, 3.63) is 23.9 Å². The van der Waals surface area contributed by atoms with Crippen LogP contribution in [0.2, 0.25) is 0 Å². The predicted molar refractivity (Wildman–Crippen MR) is 76.8 cm³/mol. The summed E-state index contributed by atoms with van der Waals surface area (Å²) >= 11 is 0. The first kappa shape index (κ1) is 13.3. The maximum absolute atomic E-state index is 4.61. The fourth-order valence-corrected chi connectivity index (χ4v) is 2.95. The fourth-order valence-electron chi connectivity index (χ4n) is 2.95. The second-order valence-electron chi connectivity index (χ2n) is 5.62. The van der Waals surface area contributed by atoms with Gasteiger partial charge in [0.15, 0.2) is 0 Å². The number of aromatic nitrogens is 1. The molecule has 0 spiro atoms. The maximum atomic E-state index is 4.61. The predicted octanol–water partition coefficient (Wildman–Crippen LogP) is 2.67. The normalized spacial score (nSPS) is 24.3. The van der Waals surface area contributed by atoms with Crippen LogP contribution in [0, 0.1) is 11.8 Å². The van der Waals surface area contributed by atoms with E-state index in [-0.39, 0.29) is 0 Å². The van der Waals surface area contributed by atoms with E-state index in [2.05, 4.69) is 42.0 Å².